The predicted octanol–water partition coefficient (Wildman–Crippen LogP) is 2.92. The van der Waals surface area contributed by atoms with Crippen molar-refractivity contribution in [3.63, 3.8) is 0 Å². The van der Waals surface area contributed by atoms with E-state index in [1.54, 1.807) is 0 Å². The van der Waals surface area contributed by atoms with Crippen molar-refractivity contribution >= 4 is 29.0 Å². The lowest BCUT2D eigenvalue weighted by Gasteiger charge is -2.08. The lowest BCUT2D eigenvalue weighted by molar-refractivity contribution is 1.29. The summed E-state index contributed by atoms with van der Waals surface area (Å²) >= 11 is 0. The fraction of sp³-hybridized carbons (Fsp3) is 0.167. The van der Waals surface area contributed by atoms with Crippen LogP contribution in [0.4, 0.5) is 11.5 Å². The van der Waals surface area contributed by atoms with Gasteiger partial charge in [-0.3, -0.25) is 0 Å². The Hall–Kier alpha value is -1.90. The van der Waals surface area contributed by atoms with Crippen LogP contribution in [0.5, 0.6) is 0 Å². The predicted molar refractivity (Wildman–Crippen MR) is 65.2 cm³/mol. The van der Waals surface area contributed by atoms with E-state index in [-0.39, 0.29) is 0 Å². The van der Waals surface area contributed by atoms with Gasteiger partial charge in [0.2, 0.25) is 0 Å². The molecule has 2 aromatic rings. The molecule has 1 aromatic heterocycles. The molecular formula is C12H13N3. The van der Waals surface area contributed by atoms with Crippen LogP contribution in [0.15, 0.2) is 29.4 Å². The van der Waals surface area contributed by atoms with E-state index in [0.29, 0.717) is 5.82 Å². The van der Waals surface area contributed by atoms with Crippen molar-refractivity contribution in [2.75, 3.05) is 12.4 Å². The molecule has 0 radical (unpaired) electrons. The van der Waals surface area contributed by atoms with Crippen molar-refractivity contribution in [1.82, 2.24) is 4.98 Å². The summed E-state index contributed by atoms with van der Waals surface area (Å²) in [5.74, 6) is 0.647. The fourth-order valence-corrected chi connectivity index (χ4v) is 1.70. The maximum absolute atomic E-state index is 4.25. The van der Waals surface area contributed by atoms with Gasteiger partial charge < -0.3 is 5.32 Å². The van der Waals surface area contributed by atoms with Gasteiger partial charge in [0.15, 0.2) is 5.82 Å². The zero-order valence-electron chi connectivity index (χ0n) is 8.91. The maximum atomic E-state index is 4.25. The quantitative estimate of drug-likeness (QED) is 0.755. The zero-order valence-corrected chi connectivity index (χ0v) is 8.91. The Labute approximate surface area is 88.9 Å². The third-order valence-corrected chi connectivity index (χ3v) is 2.43. The molecule has 0 aliphatic heterocycles. The number of hydrogen-bond donors (Lipinski definition) is 1. The molecule has 2 rings (SSSR count). The van der Waals surface area contributed by atoms with Crippen LogP contribution in [0, 0.1) is 6.92 Å². The van der Waals surface area contributed by atoms with Crippen molar-refractivity contribution in [2.24, 2.45) is 4.99 Å². The number of rotatable bonds is 2. The SMILES string of the molecule is C=Nc1ncc2cc(C)ccc2c1NC. The first kappa shape index (κ1) is 9.65. The summed E-state index contributed by atoms with van der Waals surface area (Å²) in [6.07, 6.45) is 1.83. The molecule has 1 aromatic carbocycles. The summed E-state index contributed by atoms with van der Waals surface area (Å²) in [4.78, 5) is 8.14. The Bertz CT molecular complexity index is 518. The summed E-state index contributed by atoms with van der Waals surface area (Å²) in [7, 11) is 1.87. The van der Waals surface area contributed by atoms with E-state index < -0.39 is 0 Å². The zero-order chi connectivity index (χ0) is 10.8. The minimum absolute atomic E-state index is 0.647. The van der Waals surface area contributed by atoms with Crippen molar-refractivity contribution in [1.29, 1.82) is 0 Å². The molecule has 15 heavy (non-hydrogen) atoms. The van der Waals surface area contributed by atoms with Gasteiger partial charge in [-0.25, -0.2) is 9.98 Å². The van der Waals surface area contributed by atoms with Crippen LogP contribution in [0.2, 0.25) is 0 Å². The highest BCUT2D eigenvalue weighted by Crippen LogP contribution is 2.30. The highest BCUT2D eigenvalue weighted by Gasteiger charge is 2.05. The van der Waals surface area contributed by atoms with E-state index in [1.165, 1.54) is 5.56 Å². The average Bonchev–Trinajstić information content (AvgIpc) is 2.27. The standard InChI is InChI=1S/C12H13N3/c1-8-4-5-10-9(6-8)7-15-12(14-3)11(10)13-2/h4-7,13H,3H2,1-2H3. The monoisotopic (exact) mass is 199 g/mol. The Balaban J connectivity index is 2.82. The Kier molecular flexibility index (Phi) is 2.37. The normalized spacial score (nSPS) is 10.3. The number of pyridine rings is 1. The first-order chi connectivity index (χ1) is 7.26. The number of anilines is 1. The van der Waals surface area contributed by atoms with Gasteiger partial charge in [-0.05, 0) is 19.7 Å². The van der Waals surface area contributed by atoms with E-state index >= 15 is 0 Å². The van der Waals surface area contributed by atoms with E-state index in [0.717, 1.165) is 16.5 Å². The highest BCUT2D eigenvalue weighted by molar-refractivity contribution is 5.98. The topological polar surface area (TPSA) is 37.3 Å². The maximum Gasteiger partial charge on any atom is 0.175 e. The number of hydrogen-bond acceptors (Lipinski definition) is 3. The second kappa shape index (κ2) is 3.69. The number of nitrogens with zero attached hydrogens (tertiary/aromatic N) is 2. The molecule has 0 fully saturated rings. The van der Waals surface area contributed by atoms with Crippen molar-refractivity contribution < 1.29 is 0 Å². The number of fused-ring (bicyclic) bond motifs is 1. The van der Waals surface area contributed by atoms with Crippen LogP contribution < -0.4 is 5.32 Å². The smallest absolute Gasteiger partial charge is 0.175 e. The molecule has 0 amide bonds. The van der Waals surface area contributed by atoms with Crippen LogP contribution in [0.25, 0.3) is 10.8 Å². The molecule has 0 aliphatic carbocycles. The summed E-state index contributed by atoms with van der Waals surface area (Å²) in [5, 5.41) is 5.36. The molecule has 0 atom stereocenters. The van der Waals surface area contributed by atoms with Crippen molar-refractivity contribution in [3.05, 3.63) is 30.0 Å². The first-order valence-corrected chi connectivity index (χ1v) is 4.80. The summed E-state index contributed by atoms with van der Waals surface area (Å²) < 4.78 is 0. The van der Waals surface area contributed by atoms with Crippen molar-refractivity contribution in [2.45, 2.75) is 6.92 Å². The van der Waals surface area contributed by atoms with E-state index in [4.69, 9.17) is 0 Å². The van der Waals surface area contributed by atoms with Crippen LogP contribution in [-0.2, 0) is 0 Å². The molecule has 0 aliphatic rings. The average molecular weight is 199 g/mol. The van der Waals surface area contributed by atoms with Gasteiger partial charge in [0, 0.05) is 24.0 Å². The van der Waals surface area contributed by atoms with E-state index in [2.05, 4.69) is 47.1 Å². The molecule has 1 N–H and O–H groups in total. The lowest BCUT2D eigenvalue weighted by atomic mass is 10.1. The number of aliphatic imine (C=N–C) groups is 1. The highest BCUT2D eigenvalue weighted by atomic mass is 15.0. The van der Waals surface area contributed by atoms with Crippen LogP contribution >= 0.6 is 0 Å². The molecule has 3 heteroatoms. The molecule has 0 saturated carbocycles. The summed E-state index contributed by atoms with van der Waals surface area (Å²) in [6, 6.07) is 6.26. The number of aryl methyl sites for hydroxylation is 1. The lowest BCUT2D eigenvalue weighted by Crippen LogP contribution is -1.92. The summed E-state index contributed by atoms with van der Waals surface area (Å²) in [6.45, 7) is 5.58. The Morgan fingerprint density at radius 3 is 2.87 bits per heavy atom. The molecule has 0 unspecified atom stereocenters. The minimum Gasteiger partial charge on any atom is -0.385 e. The fourth-order valence-electron chi connectivity index (χ4n) is 1.70. The van der Waals surface area contributed by atoms with Gasteiger partial charge in [0.05, 0.1) is 5.69 Å². The molecular weight excluding hydrogens is 186 g/mol. The minimum atomic E-state index is 0.647. The van der Waals surface area contributed by atoms with Crippen LogP contribution in [-0.4, -0.2) is 18.7 Å². The summed E-state index contributed by atoms with van der Waals surface area (Å²) in [5.41, 5.74) is 2.16. The van der Waals surface area contributed by atoms with Crippen LogP contribution in [0.1, 0.15) is 5.56 Å². The number of aromatic nitrogens is 1. The molecule has 0 bridgehead atoms. The molecule has 0 spiro atoms. The van der Waals surface area contributed by atoms with Gasteiger partial charge in [0.25, 0.3) is 0 Å². The Morgan fingerprint density at radius 2 is 2.20 bits per heavy atom. The molecule has 1 heterocycles. The number of nitrogens with one attached hydrogen (secondary N) is 1. The second-order valence-electron chi connectivity index (χ2n) is 3.46. The van der Waals surface area contributed by atoms with E-state index in [1.807, 2.05) is 13.2 Å². The molecule has 76 valence electrons. The van der Waals surface area contributed by atoms with Crippen molar-refractivity contribution in [3.8, 4) is 0 Å². The van der Waals surface area contributed by atoms with Gasteiger partial charge in [-0.15, -0.1) is 0 Å². The molecule has 0 saturated heterocycles. The second-order valence-corrected chi connectivity index (χ2v) is 3.46. The third kappa shape index (κ3) is 1.56. The Morgan fingerprint density at radius 1 is 1.40 bits per heavy atom. The van der Waals surface area contributed by atoms with Gasteiger partial charge in [0.1, 0.15) is 0 Å². The van der Waals surface area contributed by atoms with Gasteiger partial charge >= 0.3 is 0 Å². The van der Waals surface area contributed by atoms with Gasteiger partial charge in [-0.2, -0.15) is 0 Å². The molecule has 3 nitrogen and oxygen atoms in total. The van der Waals surface area contributed by atoms with E-state index in [9.17, 15) is 0 Å². The van der Waals surface area contributed by atoms with Crippen LogP contribution in [0.3, 0.4) is 0 Å². The van der Waals surface area contributed by atoms with Gasteiger partial charge in [-0.1, -0.05) is 17.7 Å². The first-order valence-electron chi connectivity index (χ1n) is 4.80. The third-order valence-electron chi connectivity index (χ3n) is 2.43. The number of benzene rings is 1. The largest absolute Gasteiger partial charge is 0.385 e.